The van der Waals surface area contributed by atoms with Gasteiger partial charge < -0.3 is 14.8 Å². The van der Waals surface area contributed by atoms with Crippen LogP contribution in [0.5, 0.6) is 0 Å². The summed E-state index contributed by atoms with van der Waals surface area (Å²) in [6.07, 6.45) is 2.50. The third kappa shape index (κ3) is 4.46. The van der Waals surface area contributed by atoms with Crippen LogP contribution >= 0.6 is 0 Å². The van der Waals surface area contributed by atoms with E-state index in [1.54, 1.807) is 19.3 Å². The van der Waals surface area contributed by atoms with Crippen molar-refractivity contribution in [1.82, 2.24) is 24.6 Å². The van der Waals surface area contributed by atoms with E-state index in [1.165, 1.54) is 10.7 Å². The van der Waals surface area contributed by atoms with Gasteiger partial charge in [0, 0.05) is 50.5 Å². The standard InChI is InChI=1S/C27H31FN6O2/c1-19(34-23-10-5-3-8-20(23)21-18-30-31(2)27(36)25(21)34)26(35)29-12-7-13-32-14-16-33(17-15-32)24-11-6-4-9-22(24)28/h3-6,8-11,18-19H,7,12-17H2,1-2H3,(H,29,35)/t19-/m0/s1. The topological polar surface area (TPSA) is 75.4 Å². The highest BCUT2D eigenvalue weighted by molar-refractivity contribution is 6.08. The van der Waals surface area contributed by atoms with Crippen molar-refractivity contribution in [2.75, 3.05) is 44.2 Å². The molecule has 0 unspecified atom stereocenters. The van der Waals surface area contributed by atoms with Gasteiger partial charge in [0.25, 0.3) is 5.56 Å². The first-order valence-corrected chi connectivity index (χ1v) is 12.4. The molecule has 3 heterocycles. The monoisotopic (exact) mass is 490 g/mol. The first kappa shape index (κ1) is 24.0. The summed E-state index contributed by atoms with van der Waals surface area (Å²) in [6, 6.07) is 14.1. The van der Waals surface area contributed by atoms with Gasteiger partial charge in [-0.25, -0.2) is 9.07 Å². The van der Waals surface area contributed by atoms with Crippen LogP contribution in [0.4, 0.5) is 10.1 Å². The zero-order valence-corrected chi connectivity index (χ0v) is 20.7. The predicted molar refractivity (Wildman–Crippen MR) is 140 cm³/mol. The summed E-state index contributed by atoms with van der Waals surface area (Å²) >= 11 is 0. The zero-order valence-electron chi connectivity index (χ0n) is 20.7. The number of nitrogens with zero attached hydrogens (tertiary/aromatic N) is 5. The van der Waals surface area contributed by atoms with Gasteiger partial charge in [-0.3, -0.25) is 14.5 Å². The number of amides is 1. The average Bonchev–Trinajstić information content (AvgIpc) is 3.24. The number of para-hydroxylation sites is 2. The van der Waals surface area contributed by atoms with Crippen molar-refractivity contribution >= 4 is 33.4 Å². The van der Waals surface area contributed by atoms with Gasteiger partial charge in [-0.05, 0) is 38.1 Å². The van der Waals surface area contributed by atoms with Crippen molar-refractivity contribution in [2.24, 2.45) is 7.05 Å². The normalized spacial score (nSPS) is 15.5. The van der Waals surface area contributed by atoms with Crippen LogP contribution in [0.15, 0.2) is 59.5 Å². The molecule has 2 aromatic heterocycles. The number of carbonyl (C=O) groups excluding carboxylic acids is 1. The summed E-state index contributed by atoms with van der Waals surface area (Å²) in [5.41, 5.74) is 1.77. The third-order valence-corrected chi connectivity index (χ3v) is 7.09. The number of fused-ring (bicyclic) bond motifs is 3. The molecular weight excluding hydrogens is 459 g/mol. The maximum atomic E-state index is 14.1. The molecule has 0 radical (unpaired) electrons. The molecular formula is C27H31FN6O2. The Morgan fingerprint density at radius 3 is 2.56 bits per heavy atom. The molecule has 9 heteroatoms. The van der Waals surface area contributed by atoms with E-state index in [-0.39, 0.29) is 17.3 Å². The van der Waals surface area contributed by atoms with Gasteiger partial charge in [0.1, 0.15) is 17.4 Å². The third-order valence-electron chi connectivity index (χ3n) is 7.09. The number of hydrogen-bond donors (Lipinski definition) is 1. The number of piperazine rings is 1. The minimum absolute atomic E-state index is 0.124. The Kier molecular flexibility index (Phi) is 6.73. The fourth-order valence-electron chi connectivity index (χ4n) is 5.09. The lowest BCUT2D eigenvalue weighted by Gasteiger charge is -2.36. The zero-order chi connectivity index (χ0) is 25.2. The fourth-order valence-corrected chi connectivity index (χ4v) is 5.09. The van der Waals surface area contributed by atoms with E-state index in [2.05, 4.69) is 20.2 Å². The first-order valence-electron chi connectivity index (χ1n) is 12.4. The Bertz CT molecular complexity index is 1450. The van der Waals surface area contributed by atoms with Crippen LogP contribution in [0.2, 0.25) is 0 Å². The molecule has 36 heavy (non-hydrogen) atoms. The first-order chi connectivity index (χ1) is 17.5. The lowest BCUT2D eigenvalue weighted by molar-refractivity contribution is -0.123. The van der Waals surface area contributed by atoms with Gasteiger partial charge in [-0.1, -0.05) is 30.3 Å². The molecule has 1 saturated heterocycles. The number of carbonyl (C=O) groups is 1. The molecule has 1 amide bonds. The van der Waals surface area contributed by atoms with Crippen molar-refractivity contribution < 1.29 is 9.18 Å². The van der Waals surface area contributed by atoms with Crippen molar-refractivity contribution in [2.45, 2.75) is 19.4 Å². The molecule has 4 aromatic rings. The Balaban J connectivity index is 1.19. The SMILES string of the molecule is C[C@@H](C(=O)NCCCN1CCN(c2ccccc2F)CC1)n1c2ccccc2c2cnn(C)c(=O)c21. The number of halogens is 1. The van der Waals surface area contributed by atoms with E-state index in [9.17, 15) is 14.0 Å². The Hall–Kier alpha value is -3.72. The maximum Gasteiger partial charge on any atom is 0.291 e. The van der Waals surface area contributed by atoms with E-state index >= 15 is 0 Å². The quantitative estimate of drug-likeness (QED) is 0.403. The van der Waals surface area contributed by atoms with E-state index < -0.39 is 6.04 Å². The minimum Gasteiger partial charge on any atom is -0.367 e. The minimum atomic E-state index is -0.549. The number of aromatic nitrogens is 3. The molecule has 0 bridgehead atoms. The van der Waals surface area contributed by atoms with Crippen molar-refractivity contribution in [3.8, 4) is 0 Å². The van der Waals surface area contributed by atoms with Gasteiger partial charge in [0.15, 0.2) is 0 Å². The van der Waals surface area contributed by atoms with Crippen molar-refractivity contribution in [3.63, 3.8) is 0 Å². The van der Waals surface area contributed by atoms with Crippen LogP contribution in [0, 0.1) is 5.82 Å². The highest BCUT2D eigenvalue weighted by atomic mass is 19.1. The predicted octanol–water partition coefficient (Wildman–Crippen LogP) is 2.92. The molecule has 1 fully saturated rings. The molecule has 1 atom stereocenters. The number of nitrogens with one attached hydrogen (secondary N) is 1. The molecule has 1 aliphatic rings. The number of benzene rings is 2. The molecule has 188 valence electrons. The average molecular weight is 491 g/mol. The van der Waals surface area contributed by atoms with Crippen LogP contribution in [0.1, 0.15) is 19.4 Å². The summed E-state index contributed by atoms with van der Waals surface area (Å²) in [6.45, 7) is 6.51. The smallest absolute Gasteiger partial charge is 0.291 e. The highest BCUT2D eigenvalue weighted by Crippen LogP contribution is 2.29. The van der Waals surface area contributed by atoms with E-state index in [0.29, 0.717) is 17.7 Å². The molecule has 2 aromatic carbocycles. The molecule has 0 saturated carbocycles. The lowest BCUT2D eigenvalue weighted by Crippen LogP contribution is -2.47. The Labute approximate surface area is 208 Å². The van der Waals surface area contributed by atoms with Crippen LogP contribution in [0.25, 0.3) is 21.8 Å². The fraction of sp³-hybridized carbons (Fsp3) is 0.370. The van der Waals surface area contributed by atoms with Crippen LogP contribution < -0.4 is 15.8 Å². The van der Waals surface area contributed by atoms with Crippen LogP contribution in [-0.2, 0) is 11.8 Å². The molecule has 1 aliphatic heterocycles. The second kappa shape index (κ2) is 10.1. The highest BCUT2D eigenvalue weighted by Gasteiger charge is 2.23. The van der Waals surface area contributed by atoms with Gasteiger partial charge in [0.2, 0.25) is 5.91 Å². The maximum absolute atomic E-state index is 14.1. The van der Waals surface area contributed by atoms with Crippen LogP contribution in [0.3, 0.4) is 0 Å². The second-order valence-electron chi connectivity index (χ2n) is 9.32. The van der Waals surface area contributed by atoms with E-state index in [0.717, 1.165) is 55.4 Å². The van der Waals surface area contributed by atoms with Crippen molar-refractivity contribution in [3.05, 3.63) is 70.9 Å². The van der Waals surface area contributed by atoms with Crippen LogP contribution in [-0.4, -0.2) is 64.4 Å². The van der Waals surface area contributed by atoms with E-state index in [1.807, 2.05) is 47.9 Å². The lowest BCUT2D eigenvalue weighted by atomic mass is 10.2. The number of hydrogen-bond acceptors (Lipinski definition) is 5. The van der Waals surface area contributed by atoms with Crippen molar-refractivity contribution in [1.29, 1.82) is 0 Å². The molecule has 1 N–H and O–H groups in total. The summed E-state index contributed by atoms with van der Waals surface area (Å²) in [5, 5.41) is 8.88. The Morgan fingerprint density at radius 1 is 1.06 bits per heavy atom. The van der Waals surface area contributed by atoms with E-state index in [4.69, 9.17) is 0 Å². The Morgan fingerprint density at radius 2 is 1.78 bits per heavy atom. The largest absolute Gasteiger partial charge is 0.367 e. The number of anilines is 1. The second-order valence-corrected chi connectivity index (χ2v) is 9.32. The summed E-state index contributed by atoms with van der Waals surface area (Å²) in [7, 11) is 1.62. The summed E-state index contributed by atoms with van der Waals surface area (Å²) < 4.78 is 17.2. The van der Waals surface area contributed by atoms with Gasteiger partial charge in [-0.15, -0.1) is 0 Å². The van der Waals surface area contributed by atoms with Gasteiger partial charge in [0.05, 0.1) is 17.4 Å². The van der Waals surface area contributed by atoms with Gasteiger partial charge in [-0.2, -0.15) is 5.10 Å². The summed E-state index contributed by atoms with van der Waals surface area (Å²) in [5.74, 6) is -0.305. The molecule has 0 spiro atoms. The molecule has 5 rings (SSSR count). The van der Waals surface area contributed by atoms with Gasteiger partial charge >= 0.3 is 0 Å². The summed E-state index contributed by atoms with van der Waals surface area (Å²) in [4.78, 5) is 30.5. The number of rotatable bonds is 7. The molecule has 0 aliphatic carbocycles. The number of aryl methyl sites for hydroxylation is 1. The molecule has 8 nitrogen and oxygen atoms in total.